The van der Waals surface area contributed by atoms with Crippen molar-refractivity contribution < 1.29 is 24.2 Å². The molecule has 0 saturated carbocycles. The van der Waals surface area contributed by atoms with Crippen molar-refractivity contribution in [2.24, 2.45) is 0 Å². The molecule has 1 rings (SSSR count). The Kier molecular flexibility index (Phi) is 5.11. The van der Waals surface area contributed by atoms with Gasteiger partial charge in [0.25, 0.3) is 0 Å². The highest BCUT2D eigenvalue weighted by Gasteiger charge is 2.44. The first-order valence-corrected chi connectivity index (χ1v) is 6.04. The quantitative estimate of drug-likeness (QED) is 0.596. The van der Waals surface area contributed by atoms with E-state index in [0.717, 1.165) is 0 Å². The minimum Gasteiger partial charge on any atom is -0.479 e. The van der Waals surface area contributed by atoms with E-state index in [-0.39, 0.29) is 32.1 Å². The first-order chi connectivity index (χ1) is 8.95. The van der Waals surface area contributed by atoms with Crippen LogP contribution in [0.5, 0.6) is 0 Å². The van der Waals surface area contributed by atoms with Crippen LogP contribution in [0, 0.1) is 0 Å². The molecule has 1 fully saturated rings. The molecule has 1 saturated heterocycles. The molecule has 0 radical (unpaired) electrons. The molecule has 1 aliphatic rings. The Balaban J connectivity index is 2.70. The molecule has 1 unspecified atom stereocenters. The normalized spacial score (nSPS) is 21.8. The molecular weight excluding hydrogens is 254 g/mol. The molecule has 1 heterocycles. The summed E-state index contributed by atoms with van der Waals surface area (Å²) in [6.45, 7) is 2.12. The Bertz CT molecular complexity index is 365. The number of amides is 3. The van der Waals surface area contributed by atoms with Gasteiger partial charge >= 0.3 is 12.0 Å². The van der Waals surface area contributed by atoms with Crippen molar-refractivity contribution in [2.75, 3.05) is 33.4 Å². The lowest BCUT2D eigenvalue weighted by Gasteiger charge is -2.28. The van der Waals surface area contributed by atoms with Gasteiger partial charge < -0.3 is 25.4 Å². The first-order valence-electron chi connectivity index (χ1n) is 6.04. The van der Waals surface area contributed by atoms with E-state index >= 15 is 0 Å². The van der Waals surface area contributed by atoms with Crippen LogP contribution in [0.3, 0.4) is 0 Å². The van der Waals surface area contributed by atoms with E-state index in [4.69, 9.17) is 4.74 Å². The number of hydrogen-bond acceptors (Lipinski definition) is 4. The molecule has 0 bridgehead atoms. The summed E-state index contributed by atoms with van der Waals surface area (Å²) in [4.78, 5) is 35.8. The fourth-order valence-electron chi connectivity index (χ4n) is 1.75. The Morgan fingerprint density at radius 3 is 2.53 bits per heavy atom. The summed E-state index contributed by atoms with van der Waals surface area (Å²) in [6, 6.07) is -0.584. The van der Waals surface area contributed by atoms with Crippen molar-refractivity contribution in [3.63, 3.8) is 0 Å². The largest absolute Gasteiger partial charge is 0.479 e. The molecule has 19 heavy (non-hydrogen) atoms. The van der Waals surface area contributed by atoms with Gasteiger partial charge in [-0.1, -0.05) is 0 Å². The summed E-state index contributed by atoms with van der Waals surface area (Å²) >= 11 is 0. The second-order valence-electron chi connectivity index (χ2n) is 4.31. The van der Waals surface area contributed by atoms with Crippen molar-refractivity contribution in [3.05, 3.63) is 0 Å². The third-order valence-corrected chi connectivity index (χ3v) is 3.06. The van der Waals surface area contributed by atoms with Crippen LogP contribution in [-0.4, -0.2) is 66.8 Å². The van der Waals surface area contributed by atoms with Crippen LogP contribution in [0.25, 0.3) is 0 Å². The third kappa shape index (κ3) is 3.57. The van der Waals surface area contributed by atoms with Gasteiger partial charge in [-0.2, -0.15) is 0 Å². The molecule has 1 aliphatic heterocycles. The third-order valence-electron chi connectivity index (χ3n) is 3.06. The number of carbonyl (C=O) groups excluding carboxylic acids is 2. The lowest BCUT2D eigenvalue weighted by Crippen LogP contribution is -2.59. The standard InChI is InChI=1S/C11H19N3O5/c1-3-14(6-8(15)12-2)10(18)13-11(9(16)17)4-5-19-7-11/h3-7H2,1-2H3,(H,12,15)(H,13,18)(H,16,17). The molecule has 0 aromatic rings. The lowest BCUT2D eigenvalue weighted by atomic mass is 9.99. The average Bonchev–Trinajstić information content (AvgIpc) is 2.85. The van der Waals surface area contributed by atoms with Crippen LogP contribution in [-0.2, 0) is 14.3 Å². The second-order valence-corrected chi connectivity index (χ2v) is 4.31. The maximum atomic E-state index is 12.0. The molecule has 108 valence electrons. The first kappa shape index (κ1) is 15.2. The smallest absolute Gasteiger partial charge is 0.332 e. The fourth-order valence-corrected chi connectivity index (χ4v) is 1.75. The van der Waals surface area contributed by atoms with Gasteiger partial charge in [-0.25, -0.2) is 9.59 Å². The highest BCUT2D eigenvalue weighted by molar-refractivity contribution is 5.89. The number of likely N-dealkylation sites (N-methyl/N-ethyl adjacent to an activating group) is 2. The van der Waals surface area contributed by atoms with E-state index in [0.29, 0.717) is 6.54 Å². The molecule has 8 nitrogen and oxygen atoms in total. The van der Waals surface area contributed by atoms with Crippen molar-refractivity contribution in [1.29, 1.82) is 0 Å². The number of rotatable bonds is 5. The number of nitrogens with zero attached hydrogens (tertiary/aromatic N) is 1. The maximum Gasteiger partial charge on any atom is 0.332 e. The zero-order chi connectivity index (χ0) is 14.5. The zero-order valence-corrected chi connectivity index (χ0v) is 11.1. The average molecular weight is 273 g/mol. The van der Waals surface area contributed by atoms with Gasteiger partial charge in [0.2, 0.25) is 5.91 Å². The number of aliphatic carboxylic acids is 1. The Morgan fingerprint density at radius 1 is 1.42 bits per heavy atom. The molecule has 3 amide bonds. The van der Waals surface area contributed by atoms with E-state index < -0.39 is 17.5 Å². The van der Waals surface area contributed by atoms with Gasteiger partial charge in [0, 0.05) is 26.6 Å². The van der Waals surface area contributed by atoms with Gasteiger partial charge in [-0.3, -0.25) is 4.79 Å². The van der Waals surface area contributed by atoms with Gasteiger partial charge in [0.1, 0.15) is 6.54 Å². The summed E-state index contributed by atoms with van der Waals surface area (Å²) in [7, 11) is 1.47. The van der Waals surface area contributed by atoms with Gasteiger partial charge in [-0.15, -0.1) is 0 Å². The summed E-state index contributed by atoms with van der Waals surface area (Å²) in [5.41, 5.74) is -1.40. The highest BCUT2D eigenvalue weighted by atomic mass is 16.5. The lowest BCUT2D eigenvalue weighted by molar-refractivity contribution is -0.144. The number of carboxylic acid groups (broad SMARTS) is 1. The molecule has 0 aromatic heterocycles. The van der Waals surface area contributed by atoms with Crippen LogP contribution in [0.15, 0.2) is 0 Å². The summed E-state index contributed by atoms with van der Waals surface area (Å²) in [6.07, 6.45) is 0.214. The summed E-state index contributed by atoms with van der Waals surface area (Å²) in [5, 5.41) is 14.1. The summed E-state index contributed by atoms with van der Waals surface area (Å²) < 4.78 is 5.04. The molecule has 0 aromatic carbocycles. The monoisotopic (exact) mass is 273 g/mol. The van der Waals surface area contributed by atoms with Crippen LogP contribution in [0.1, 0.15) is 13.3 Å². The van der Waals surface area contributed by atoms with Gasteiger partial charge in [0.15, 0.2) is 5.54 Å². The second kappa shape index (κ2) is 6.37. The number of carbonyl (C=O) groups is 3. The minimum atomic E-state index is -1.40. The van der Waals surface area contributed by atoms with E-state index in [1.165, 1.54) is 11.9 Å². The Morgan fingerprint density at radius 2 is 2.11 bits per heavy atom. The predicted molar refractivity (Wildman–Crippen MR) is 65.6 cm³/mol. The van der Waals surface area contributed by atoms with Crippen LogP contribution < -0.4 is 10.6 Å². The van der Waals surface area contributed by atoms with Crippen LogP contribution in [0.4, 0.5) is 4.79 Å². The van der Waals surface area contributed by atoms with Crippen molar-refractivity contribution in [2.45, 2.75) is 18.9 Å². The number of hydrogen-bond donors (Lipinski definition) is 3. The number of urea groups is 1. The predicted octanol–water partition coefficient (Wildman–Crippen LogP) is -0.992. The fraction of sp³-hybridized carbons (Fsp3) is 0.727. The highest BCUT2D eigenvalue weighted by Crippen LogP contribution is 2.19. The van der Waals surface area contributed by atoms with E-state index in [2.05, 4.69) is 10.6 Å². The van der Waals surface area contributed by atoms with Crippen molar-refractivity contribution in [1.82, 2.24) is 15.5 Å². The Hall–Kier alpha value is -1.83. The van der Waals surface area contributed by atoms with Gasteiger partial charge in [-0.05, 0) is 6.92 Å². The van der Waals surface area contributed by atoms with Crippen molar-refractivity contribution in [3.8, 4) is 0 Å². The van der Waals surface area contributed by atoms with Crippen molar-refractivity contribution >= 4 is 17.9 Å². The molecule has 0 spiro atoms. The van der Waals surface area contributed by atoms with E-state index in [9.17, 15) is 19.5 Å². The maximum absolute atomic E-state index is 12.0. The Labute approximate surface area is 111 Å². The number of carboxylic acids is 1. The molecular formula is C11H19N3O5. The van der Waals surface area contributed by atoms with Crippen LogP contribution >= 0.6 is 0 Å². The summed E-state index contributed by atoms with van der Waals surface area (Å²) in [5.74, 6) is -1.45. The minimum absolute atomic E-state index is 0.0639. The topological polar surface area (TPSA) is 108 Å². The zero-order valence-electron chi connectivity index (χ0n) is 11.1. The number of ether oxygens (including phenoxy) is 1. The SMILES string of the molecule is CCN(CC(=O)NC)C(=O)NC1(C(=O)O)CCOC1. The van der Waals surface area contributed by atoms with E-state index in [1.807, 2.05) is 0 Å². The molecule has 0 aliphatic carbocycles. The molecule has 3 N–H and O–H groups in total. The molecule has 1 atom stereocenters. The van der Waals surface area contributed by atoms with Gasteiger partial charge in [0.05, 0.1) is 6.61 Å². The molecule has 8 heteroatoms. The number of nitrogens with one attached hydrogen (secondary N) is 2. The van der Waals surface area contributed by atoms with Crippen LogP contribution in [0.2, 0.25) is 0 Å². The van der Waals surface area contributed by atoms with E-state index in [1.54, 1.807) is 6.92 Å².